The fraction of sp³-hybridized carbons (Fsp3) is 0.529. The van der Waals surface area contributed by atoms with Crippen molar-refractivity contribution in [3.63, 3.8) is 0 Å². The first-order valence-electron chi connectivity index (χ1n) is 8.19. The molecule has 3 rings (SSSR count). The van der Waals surface area contributed by atoms with Crippen molar-refractivity contribution < 1.29 is 9.18 Å². The monoisotopic (exact) mass is 318 g/mol. The molecule has 3 N–H and O–H groups in total. The van der Waals surface area contributed by atoms with Crippen molar-refractivity contribution in [1.82, 2.24) is 14.9 Å². The quantitative estimate of drug-likeness (QED) is 0.882. The molecule has 1 heterocycles. The van der Waals surface area contributed by atoms with Gasteiger partial charge in [-0.05, 0) is 37.4 Å². The predicted octanol–water partition coefficient (Wildman–Crippen LogP) is 1.75. The summed E-state index contributed by atoms with van der Waals surface area (Å²) in [6, 6.07) is 4.93. The van der Waals surface area contributed by atoms with E-state index in [-0.39, 0.29) is 17.6 Å². The lowest BCUT2D eigenvalue weighted by molar-refractivity contribution is -0.125. The number of benzene rings is 1. The molecule has 2 atom stereocenters. The first-order chi connectivity index (χ1) is 11.1. The third-order valence-corrected chi connectivity index (χ3v) is 4.90. The number of hydrogen-bond donors (Lipinski definition) is 2. The lowest BCUT2D eigenvalue weighted by atomic mass is 9.95. The Morgan fingerprint density at radius 3 is 3.04 bits per heavy atom. The number of para-hydroxylation sites is 1. The molecule has 1 aromatic heterocycles. The molecule has 1 aliphatic carbocycles. The highest BCUT2D eigenvalue weighted by atomic mass is 19.1. The average Bonchev–Trinajstić information content (AvgIpc) is 3.14. The van der Waals surface area contributed by atoms with E-state index in [2.05, 4.69) is 10.3 Å². The Labute approximate surface area is 135 Å². The number of nitrogens with two attached hydrogens (primary N) is 1. The molecule has 23 heavy (non-hydrogen) atoms. The van der Waals surface area contributed by atoms with Crippen LogP contribution in [-0.2, 0) is 18.3 Å². The first kappa shape index (κ1) is 15.9. The van der Waals surface area contributed by atoms with E-state index in [0.717, 1.165) is 30.6 Å². The molecule has 0 unspecified atom stereocenters. The van der Waals surface area contributed by atoms with E-state index in [9.17, 15) is 9.18 Å². The number of nitrogens with one attached hydrogen (secondary N) is 1. The van der Waals surface area contributed by atoms with Crippen molar-refractivity contribution in [2.24, 2.45) is 24.6 Å². The van der Waals surface area contributed by atoms with Crippen LogP contribution in [0.2, 0.25) is 0 Å². The lowest BCUT2D eigenvalue weighted by Gasteiger charge is -2.17. The van der Waals surface area contributed by atoms with E-state index in [0.29, 0.717) is 30.9 Å². The highest BCUT2D eigenvalue weighted by Crippen LogP contribution is 2.30. The fourth-order valence-electron chi connectivity index (χ4n) is 3.54. The zero-order chi connectivity index (χ0) is 16.4. The minimum atomic E-state index is -0.315. The molecule has 5 nitrogen and oxygen atoms in total. The molecule has 1 aromatic carbocycles. The summed E-state index contributed by atoms with van der Waals surface area (Å²) in [4.78, 5) is 16.6. The Kier molecular flexibility index (Phi) is 4.61. The first-order valence-corrected chi connectivity index (χ1v) is 8.19. The summed E-state index contributed by atoms with van der Waals surface area (Å²) in [5.74, 6) is 0.887. The zero-order valence-corrected chi connectivity index (χ0v) is 13.4. The fourth-order valence-corrected chi connectivity index (χ4v) is 3.54. The SMILES string of the molecule is Cn1c(CCNC(=O)[C@@H]2CCC[C@@H]2CN)nc2c(F)cccc21. The Balaban J connectivity index is 1.62. The number of halogens is 1. The van der Waals surface area contributed by atoms with E-state index in [1.807, 2.05) is 17.7 Å². The zero-order valence-electron chi connectivity index (χ0n) is 13.4. The Bertz CT molecular complexity index is 712. The third-order valence-electron chi connectivity index (χ3n) is 4.90. The van der Waals surface area contributed by atoms with Crippen molar-refractivity contribution in [3.8, 4) is 0 Å². The van der Waals surface area contributed by atoms with Gasteiger partial charge < -0.3 is 15.6 Å². The molecule has 1 fully saturated rings. The van der Waals surface area contributed by atoms with Crippen LogP contribution in [0.5, 0.6) is 0 Å². The normalized spacial score (nSPS) is 21.0. The molecule has 0 radical (unpaired) electrons. The largest absolute Gasteiger partial charge is 0.355 e. The van der Waals surface area contributed by atoms with E-state index < -0.39 is 0 Å². The summed E-state index contributed by atoms with van der Waals surface area (Å²) in [7, 11) is 1.87. The van der Waals surface area contributed by atoms with Gasteiger partial charge in [0.15, 0.2) is 5.82 Å². The maximum absolute atomic E-state index is 13.8. The molecule has 0 saturated heterocycles. The van der Waals surface area contributed by atoms with Crippen molar-refractivity contribution in [3.05, 3.63) is 29.8 Å². The molecular formula is C17H23FN4O. The summed E-state index contributed by atoms with van der Waals surface area (Å²) < 4.78 is 15.6. The number of rotatable bonds is 5. The summed E-state index contributed by atoms with van der Waals surface area (Å²) >= 11 is 0. The van der Waals surface area contributed by atoms with Gasteiger partial charge in [-0.2, -0.15) is 0 Å². The summed E-state index contributed by atoms with van der Waals surface area (Å²) in [6.07, 6.45) is 3.62. The molecule has 124 valence electrons. The highest BCUT2D eigenvalue weighted by Gasteiger charge is 2.31. The number of nitrogens with zero attached hydrogens (tertiary/aromatic N) is 2. The van der Waals surface area contributed by atoms with E-state index >= 15 is 0 Å². The van der Waals surface area contributed by atoms with Crippen LogP contribution < -0.4 is 11.1 Å². The number of amides is 1. The second kappa shape index (κ2) is 6.66. The lowest BCUT2D eigenvalue weighted by Crippen LogP contribution is -2.36. The minimum Gasteiger partial charge on any atom is -0.355 e. The summed E-state index contributed by atoms with van der Waals surface area (Å²) in [5.41, 5.74) is 6.88. The molecule has 0 spiro atoms. The molecule has 1 saturated carbocycles. The maximum Gasteiger partial charge on any atom is 0.223 e. The number of hydrogen-bond acceptors (Lipinski definition) is 3. The van der Waals surface area contributed by atoms with Crippen molar-refractivity contribution in [2.45, 2.75) is 25.7 Å². The van der Waals surface area contributed by atoms with Crippen molar-refractivity contribution in [2.75, 3.05) is 13.1 Å². The van der Waals surface area contributed by atoms with Gasteiger partial charge in [0, 0.05) is 25.9 Å². The maximum atomic E-state index is 13.8. The third kappa shape index (κ3) is 3.08. The molecule has 0 aliphatic heterocycles. The van der Waals surface area contributed by atoms with Crippen LogP contribution in [0.1, 0.15) is 25.1 Å². The molecule has 2 aromatic rings. The number of carbonyl (C=O) groups excluding carboxylic acids is 1. The second-order valence-electron chi connectivity index (χ2n) is 6.27. The smallest absolute Gasteiger partial charge is 0.223 e. The van der Waals surface area contributed by atoms with Crippen LogP contribution >= 0.6 is 0 Å². The number of aromatic nitrogens is 2. The minimum absolute atomic E-state index is 0.0397. The second-order valence-corrected chi connectivity index (χ2v) is 6.27. The van der Waals surface area contributed by atoms with Gasteiger partial charge in [-0.3, -0.25) is 4.79 Å². The summed E-state index contributed by atoms with van der Waals surface area (Å²) in [5, 5.41) is 2.98. The molecule has 1 aliphatic rings. The molecular weight excluding hydrogens is 295 g/mol. The van der Waals surface area contributed by atoms with E-state index in [1.165, 1.54) is 6.07 Å². The highest BCUT2D eigenvalue weighted by molar-refractivity contribution is 5.79. The van der Waals surface area contributed by atoms with Crippen molar-refractivity contribution >= 4 is 16.9 Å². The number of carbonyl (C=O) groups is 1. The van der Waals surface area contributed by atoms with E-state index in [1.54, 1.807) is 6.07 Å². The molecule has 1 amide bonds. The summed E-state index contributed by atoms with van der Waals surface area (Å²) in [6.45, 7) is 1.08. The predicted molar refractivity (Wildman–Crippen MR) is 87.3 cm³/mol. The number of fused-ring (bicyclic) bond motifs is 1. The number of imidazole rings is 1. The average molecular weight is 318 g/mol. The molecule has 6 heteroatoms. The Morgan fingerprint density at radius 1 is 1.48 bits per heavy atom. The van der Waals surface area contributed by atoms with Crippen LogP contribution in [0.15, 0.2) is 18.2 Å². The van der Waals surface area contributed by atoms with Gasteiger partial charge in [0.1, 0.15) is 11.3 Å². The van der Waals surface area contributed by atoms with E-state index in [4.69, 9.17) is 5.73 Å². The van der Waals surface area contributed by atoms with Gasteiger partial charge in [0.2, 0.25) is 5.91 Å². The Morgan fingerprint density at radius 2 is 2.30 bits per heavy atom. The van der Waals surface area contributed by atoms with Crippen LogP contribution in [0.25, 0.3) is 11.0 Å². The van der Waals surface area contributed by atoms with Gasteiger partial charge in [-0.15, -0.1) is 0 Å². The van der Waals surface area contributed by atoms with Crippen LogP contribution in [-0.4, -0.2) is 28.5 Å². The van der Waals surface area contributed by atoms with Gasteiger partial charge in [0.25, 0.3) is 0 Å². The van der Waals surface area contributed by atoms with Gasteiger partial charge in [-0.1, -0.05) is 12.5 Å². The number of aryl methyl sites for hydroxylation is 1. The van der Waals surface area contributed by atoms with Gasteiger partial charge in [0.05, 0.1) is 5.52 Å². The van der Waals surface area contributed by atoms with Gasteiger partial charge in [-0.25, -0.2) is 9.37 Å². The Hall–Kier alpha value is -1.95. The molecule has 0 bridgehead atoms. The van der Waals surface area contributed by atoms with Crippen molar-refractivity contribution in [1.29, 1.82) is 0 Å². The van der Waals surface area contributed by atoms with Gasteiger partial charge >= 0.3 is 0 Å². The topological polar surface area (TPSA) is 72.9 Å². The standard InChI is InChI=1S/C17H23FN4O/c1-22-14-7-3-6-13(18)16(14)21-15(22)8-9-20-17(23)12-5-2-4-11(12)10-19/h3,6-7,11-12H,2,4-5,8-10,19H2,1H3,(H,20,23)/t11-,12-/m1/s1. The van der Waals surface area contributed by atoms with Crippen LogP contribution in [0.3, 0.4) is 0 Å². The van der Waals surface area contributed by atoms with Crippen LogP contribution in [0, 0.1) is 17.7 Å². The van der Waals surface area contributed by atoms with Crippen LogP contribution in [0.4, 0.5) is 4.39 Å².